The molecule has 0 rings (SSSR count). The summed E-state index contributed by atoms with van der Waals surface area (Å²) in [4.78, 5) is 22.6. The number of unbranched alkanes of at least 4 members (excludes halogenated alkanes) is 37. The van der Waals surface area contributed by atoms with Gasteiger partial charge in [0.05, 0.1) is 19.8 Å². The predicted octanol–water partition coefficient (Wildman–Crippen LogP) is 15.7. The molecule has 2 atom stereocenters. The number of phosphoric acid groups is 1. The summed E-state index contributed by atoms with van der Waals surface area (Å²) in [5.74, 6) is -0.321. The molecule has 0 amide bonds. The van der Waals surface area contributed by atoms with Crippen molar-refractivity contribution >= 4 is 13.8 Å². The summed E-state index contributed by atoms with van der Waals surface area (Å²) in [5.41, 5.74) is 5.39. The molecule has 9 heteroatoms. The molecule has 0 aliphatic rings. The average molecular weight is 846 g/mol. The molecule has 0 saturated heterocycles. The Bertz CT molecular complexity index is 863. The first-order chi connectivity index (χ1) is 28.4. The van der Waals surface area contributed by atoms with Crippen LogP contribution < -0.4 is 5.73 Å². The van der Waals surface area contributed by atoms with Crippen molar-refractivity contribution in [2.75, 3.05) is 33.0 Å². The molecule has 1 unspecified atom stereocenters. The molecule has 0 aliphatic carbocycles. The van der Waals surface area contributed by atoms with Crippen LogP contribution >= 0.6 is 7.82 Å². The Morgan fingerprint density at radius 2 is 0.759 bits per heavy atom. The molecular weight excluding hydrogens is 746 g/mol. The molecule has 0 aromatic carbocycles. The Labute approximate surface area is 361 Å². The van der Waals surface area contributed by atoms with Gasteiger partial charge in [0.25, 0.3) is 0 Å². The van der Waals surface area contributed by atoms with Crippen LogP contribution in [0.3, 0.4) is 0 Å². The van der Waals surface area contributed by atoms with Gasteiger partial charge in [-0.15, -0.1) is 0 Å². The quantitative estimate of drug-likeness (QED) is 0.0353. The van der Waals surface area contributed by atoms with Crippen LogP contribution in [0, 0.1) is 0 Å². The van der Waals surface area contributed by atoms with E-state index in [4.69, 9.17) is 24.3 Å². The van der Waals surface area contributed by atoms with Crippen molar-refractivity contribution in [1.29, 1.82) is 0 Å². The van der Waals surface area contributed by atoms with Gasteiger partial charge in [-0.05, 0) is 12.8 Å². The van der Waals surface area contributed by atoms with Crippen molar-refractivity contribution < 1.29 is 32.8 Å². The molecule has 0 bridgehead atoms. The number of rotatable bonds is 50. The highest BCUT2D eigenvalue weighted by Crippen LogP contribution is 2.43. The summed E-state index contributed by atoms with van der Waals surface area (Å²) in [6, 6.07) is 0. The van der Waals surface area contributed by atoms with Gasteiger partial charge in [-0.1, -0.05) is 251 Å². The largest absolute Gasteiger partial charge is 0.472 e. The lowest BCUT2D eigenvalue weighted by atomic mass is 10.0. The first-order valence-electron chi connectivity index (χ1n) is 25.5. The van der Waals surface area contributed by atoms with Gasteiger partial charge in [-0.2, -0.15) is 0 Å². The maximum Gasteiger partial charge on any atom is 0.472 e. The molecule has 0 aromatic heterocycles. The molecule has 0 fully saturated rings. The zero-order chi connectivity index (χ0) is 42.3. The average Bonchev–Trinajstić information content (AvgIpc) is 3.21. The first kappa shape index (κ1) is 57.5. The van der Waals surface area contributed by atoms with E-state index in [2.05, 4.69) is 13.8 Å². The van der Waals surface area contributed by atoms with Crippen molar-refractivity contribution in [3.05, 3.63) is 0 Å². The topological polar surface area (TPSA) is 117 Å². The van der Waals surface area contributed by atoms with Gasteiger partial charge in [0, 0.05) is 19.6 Å². The molecule has 0 heterocycles. The van der Waals surface area contributed by atoms with Crippen LogP contribution in [0.1, 0.15) is 271 Å². The minimum absolute atomic E-state index is 0.0898. The summed E-state index contributed by atoms with van der Waals surface area (Å²) < 4.78 is 33.6. The van der Waals surface area contributed by atoms with Gasteiger partial charge in [0.15, 0.2) is 0 Å². The third-order valence-electron chi connectivity index (χ3n) is 11.5. The zero-order valence-electron chi connectivity index (χ0n) is 38.8. The smallest absolute Gasteiger partial charge is 0.457 e. The highest BCUT2D eigenvalue weighted by molar-refractivity contribution is 7.47. The highest BCUT2D eigenvalue weighted by Gasteiger charge is 2.25. The Kier molecular flexibility index (Phi) is 47.1. The number of carbonyl (C=O) groups is 1. The van der Waals surface area contributed by atoms with E-state index in [-0.39, 0.29) is 32.3 Å². The molecule has 0 saturated carbocycles. The summed E-state index contributed by atoms with van der Waals surface area (Å²) in [7, 11) is -4.27. The number of ether oxygens (including phenoxy) is 2. The lowest BCUT2D eigenvalue weighted by Crippen LogP contribution is -2.28. The minimum Gasteiger partial charge on any atom is -0.457 e. The first-order valence-corrected chi connectivity index (χ1v) is 27.0. The molecule has 348 valence electrons. The van der Waals surface area contributed by atoms with Crippen molar-refractivity contribution in [2.24, 2.45) is 5.73 Å². The van der Waals surface area contributed by atoms with E-state index in [1.165, 1.54) is 218 Å². The van der Waals surface area contributed by atoms with Crippen LogP contribution in [0.5, 0.6) is 0 Å². The number of hydrogen-bond donors (Lipinski definition) is 2. The minimum atomic E-state index is -4.27. The van der Waals surface area contributed by atoms with E-state index in [0.717, 1.165) is 32.1 Å². The lowest BCUT2D eigenvalue weighted by Gasteiger charge is -2.20. The summed E-state index contributed by atoms with van der Waals surface area (Å²) in [6.45, 7) is 5.01. The van der Waals surface area contributed by atoms with Crippen LogP contribution in [0.25, 0.3) is 0 Å². The highest BCUT2D eigenvalue weighted by atomic mass is 31.2. The van der Waals surface area contributed by atoms with Crippen molar-refractivity contribution in [2.45, 2.75) is 277 Å². The van der Waals surface area contributed by atoms with Crippen LogP contribution in [0.2, 0.25) is 0 Å². The second-order valence-corrected chi connectivity index (χ2v) is 18.9. The molecule has 0 spiro atoms. The van der Waals surface area contributed by atoms with Crippen molar-refractivity contribution in [3.63, 3.8) is 0 Å². The molecule has 58 heavy (non-hydrogen) atoms. The Hall–Kier alpha value is -0.500. The van der Waals surface area contributed by atoms with E-state index in [1.54, 1.807) is 0 Å². The van der Waals surface area contributed by atoms with Gasteiger partial charge in [0.2, 0.25) is 0 Å². The maximum absolute atomic E-state index is 12.6. The summed E-state index contributed by atoms with van der Waals surface area (Å²) in [5, 5.41) is 0. The number of nitrogens with two attached hydrogens (primary N) is 1. The molecule has 8 nitrogen and oxygen atoms in total. The van der Waals surface area contributed by atoms with E-state index < -0.39 is 13.9 Å². The second-order valence-electron chi connectivity index (χ2n) is 17.4. The molecule has 0 aromatic rings. The second kappa shape index (κ2) is 47.5. The van der Waals surface area contributed by atoms with Gasteiger partial charge in [0.1, 0.15) is 6.10 Å². The van der Waals surface area contributed by atoms with Crippen molar-refractivity contribution in [1.82, 2.24) is 0 Å². The number of phosphoric ester groups is 1. The molecule has 0 aliphatic heterocycles. The van der Waals surface area contributed by atoms with Gasteiger partial charge < -0.3 is 20.1 Å². The SMILES string of the molecule is CCCCCCCCCCCCCCCCCCCCCCCCCC(=O)O[C@H](COCCCCCCCCCCCCCCCCCC)COP(=O)(O)OCCN. The maximum atomic E-state index is 12.6. The normalized spacial score (nSPS) is 13.2. The van der Waals surface area contributed by atoms with E-state index in [9.17, 15) is 14.3 Å². The third-order valence-corrected chi connectivity index (χ3v) is 12.5. The van der Waals surface area contributed by atoms with E-state index in [0.29, 0.717) is 13.0 Å². The molecule has 3 N–H and O–H groups in total. The number of esters is 1. The van der Waals surface area contributed by atoms with E-state index >= 15 is 0 Å². The van der Waals surface area contributed by atoms with Crippen LogP contribution in [0.4, 0.5) is 0 Å². The summed E-state index contributed by atoms with van der Waals surface area (Å²) >= 11 is 0. The van der Waals surface area contributed by atoms with E-state index in [1.807, 2.05) is 0 Å². The Balaban J connectivity index is 3.86. The summed E-state index contributed by atoms with van der Waals surface area (Å²) in [6.07, 6.45) is 51.4. The zero-order valence-corrected chi connectivity index (χ0v) is 39.7. The van der Waals surface area contributed by atoms with Crippen molar-refractivity contribution in [3.8, 4) is 0 Å². The Morgan fingerprint density at radius 3 is 1.09 bits per heavy atom. The van der Waals surface area contributed by atoms with Gasteiger partial charge in [-0.3, -0.25) is 13.8 Å². The fourth-order valence-corrected chi connectivity index (χ4v) is 8.53. The monoisotopic (exact) mass is 846 g/mol. The Morgan fingerprint density at radius 1 is 0.448 bits per heavy atom. The van der Waals surface area contributed by atoms with Crippen LogP contribution in [-0.4, -0.2) is 49.9 Å². The van der Waals surface area contributed by atoms with Gasteiger partial charge >= 0.3 is 13.8 Å². The fraction of sp³-hybridized carbons (Fsp3) is 0.980. The van der Waals surface area contributed by atoms with Crippen LogP contribution in [0.15, 0.2) is 0 Å². The molecular formula is C49H100NO7P. The molecule has 0 radical (unpaired) electrons. The van der Waals surface area contributed by atoms with Crippen LogP contribution in [-0.2, 0) is 27.9 Å². The predicted molar refractivity (Wildman–Crippen MR) is 248 cm³/mol. The van der Waals surface area contributed by atoms with Gasteiger partial charge in [-0.25, -0.2) is 4.57 Å². The fourth-order valence-electron chi connectivity index (χ4n) is 7.77. The standard InChI is InChI=1S/C49H100NO7P/c1-3-5-7-9-11-13-15-17-19-21-22-23-24-25-26-27-28-30-32-34-36-38-40-42-49(51)57-48(47-56-58(52,53)55-45-43-50)46-54-44-41-39-37-35-33-31-29-20-18-16-14-12-10-8-6-4-2/h48H,3-47,50H2,1-2H3,(H,52,53)/t48-/m1/s1. The lowest BCUT2D eigenvalue weighted by molar-refractivity contribution is -0.154. The third kappa shape index (κ3) is 46.6. The number of hydrogen-bond acceptors (Lipinski definition) is 7. The number of carbonyl (C=O) groups excluding carboxylic acids is 1.